The Labute approximate surface area is 125 Å². The van der Waals surface area contributed by atoms with Crippen LogP contribution in [0, 0.1) is 5.92 Å². The summed E-state index contributed by atoms with van der Waals surface area (Å²) >= 11 is 1.72. The van der Waals surface area contributed by atoms with Gasteiger partial charge in [0.2, 0.25) is 5.91 Å². The third-order valence-electron chi connectivity index (χ3n) is 3.86. The Morgan fingerprint density at radius 1 is 1.58 bits per heavy atom. The number of thiophene rings is 1. The van der Waals surface area contributed by atoms with Crippen LogP contribution in [-0.4, -0.2) is 30.4 Å². The van der Waals surface area contributed by atoms with E-state index in [0.29, 0.717) is 11.9 Å². The SMILES string of the molecule is CC(c1cccs1)N(C)C(=O)[C@H]1CCN[C@@H](C)C1.Cl. The van der Waals surface area contributed by atoms with Gasteiger partial charge in [0.05, 0.1) is 6.04 Å². The van der Waals surface area contributed by atoms with E-state index in [-0.39, 0.29) is 24.4 Å². The molecule has 0 saturated carbocycles. The zero-order valence-electron chi connectivity index (χ0n) is 11.8. The maximum atomic E-state index is 12.5. The fraction of sp³-hybridized carbons (Fsp3) is 0.643. The molecule has 1 N–H and O–H groups in total. The maximum Gasteiger partial charge on any atom is 0.226 e. The molecule has 0 aromatic carbocycles. The third kappa shape index (κ3) is 3.94. The van der Waals surface area contributed by atoms with E-state index in [4.69, 9.17) is 0 Å². The van der Waals surface area contributed by atoms with Crippen LogP contribution in [0.25, 0.3) is 0 Å². The van der Waals surface area contributed by atoms with Gasteiger partial charge in [-0.15, -0.1) is 23.7 Å². The molecule has 0 spiro atoms. The van der Waals surface area contributed by atoms with Crippen molar-refractivity contribution in [1.29, 1.82) is 0 Å². The normalized spacial score (nSPS) is 24.4. The van der Waals surface area contributed by atoms with Crippen molar-refractivity contribution >= 4 is 29.7 Å². The van der Waals surface area contributed by atoms with Crippen molar-refractivity contribution in [1.82, 2.24) is 10.2 Å². The molecule has 1 unspecified atom stereocenters. The van der Waals surface area contributed by atoms with E-state index in [1.54, 1.807) is 11.3 Å². The summed E-state index contributed by atoms with van der Waals surface area (Å²) in [6.07, 6.45) is 1.92. The Hall–Kier alpha value is -0.580. The zero-order chi connectivity index (χ0) is 13.1. The van der Waals surface area contributed by atoms with Crippen LogP contribution < -0.4 is 5.32 Å². The van der Waals surface area contributed by atoms with E-state index in [0.717, 1.165) is 19.4 Å². The van der Waals surface area contributed by atoms with E-state index in [2.05, 4.69) is 30.6 Å². The van der Waals surface area contributed by atoms with Crippen molar-refractivity contribution in [3.05, 3.63) is 22.4 Å². The molecule has 0 bridgehead atoms. The van der Waals surface area contributed by atoms with Crippen molar-refractivity contribution in [3.63, 3.8) is 0 Å². The summed E-state index contributed by atoms with van der Waals surface area (Å²) < 4.78 is 0. The number of amides is 1. The lowest BCUT2D eigenvalue weighted by atomic mass is 9.91. The lowest BCUT2D eigenvalue weighted by Crippen LogP contribution is -2.43. The highest BCUT2D eigenvalue weighted by Crippen LogP contribution is 2.27. The Morgan fingerprint density at radius 2 is 2.32 bits per heavy atom. The Bertz CT molecular complexity index is 396. The predicted molar refractivity (Wildman–Crippen MR) is 82.9 cm³/mol. The maximum absolute atomic E-state index is 12.5. The highest BCUT2D eigenvalue weighted by molar-refractivity contribution is 7.10. The average Bonchev–Trinajstić information content (AvgIpc) is 2.90. The molecule has 5 heteroatoms. The Morgan fingerprint density at radius 3 is 2.89 bits per heavy atom. The summed E-state index contributed by atoms with van der Waals surface area (Å²) in [6.45, 7) is 5.22. The number of nitrogens with one attached hydrogen (secondary N) is 1. The average molecular weight is 303 g/mol. The molecule has 2 rings (SSSR count). The first kappa shape index (κ1) is 16.5. The van der Waals surface area contributed by atoms with Gasteiger partial charge >= 0.3 is 0 Å². The van der Waals surface area contributed by atoms with E-state index >= 15 is 0 Å². The number of nitrogens with zero attached hydrogens (tertiary/aromatic N) is 1. The van der Waals surface area contributed by atoms with Gasteiger partial charge in [-0.3, -0.25) is 4.79 Å². The lowest BCUT2D eigenvalue weighted by molar-refractivity contribution is -0.137. The van der Waals surface area contributed by atoms with Crippen LogP contribution in [0.1, 0.15) is 37.6 Å². The molecule has 1 aromatic heterocycles. The number of carbonyl (C=O) groups excluding carboxylic acids is 1. The fourth-order valence-electron chi connectivity index (χ4n) is 2.55. The lowest BCUT2D eigenvalue weighted by Gasteiger charge is -2.32. The highest BCUT2D eigenvalue weighted by Gasteiger charge is 2.29. The number of piperidine rings is 1. The minimum atomic E-state index is 0. The van der Waals surface area contributed by atoms with Gasteiger partial charge in [0.1, 0.15) is 0 Å². The first-order valence-corrected chi connectivity index (χ1v) is 7.51. The van der Waals surface area contributed by atoms with Crippen LogP contribution in [0.15, 0.2) is 17.5 Å². The minimum absolute atomic E-state index is 0. The summed E-state index contributed by atoms with van der Waals surface area (Å²) in [5.74, 6) is 0.484. The van der Waals surface area contributed by atoms with E-state index in [1.165, 1.54) is 4.88 Å². The second kappa shape index (κ2) is 7.27. The van der Waals surface area contributed by atoms with Crippen LogP contribution in [-0.2, 0) is 4.79 Å². The van der Waals surface area contributed by atoms with Crippen molar-refractivity contribution in [2.75, 3.05) is 13.6 Å². The molecular formula is C14H23ClN2OS. The van der Waals surface area contributed by atoms with E-state index < -0.39 is 0 Å². The smallest absolute Gasteiger partial charge is 0.226 e. The second-order valence-electron chi connectivity index (χ2n) is 5.22. The Balaban J connectivity index is 0.00000180. The van der Waals surface area contributed by atoms with Crippen molar-refractivity contribution in [2.45, 2.75) is 38.8 Å². The van der Waals surface area contributed by atoms with E-state index in [1.807, 2.05) is 18.0 Å². The van der Waals surface area contributed by atoms with Crippen LogP contribution in [0.4, 0.5) is 0 Å². The topological polar surface area (TPSA) is 32.3 Å². The largest absolute Gasteiger partial charge is 0.338 e. The molecule has 0 aliphatic carbocycles. The van der Waals surface area contributed by atoms with Crippen molar-refractivity contribution < 1.29 is 4.79 Å². The van der Waals surface area contributed by atoms with Gasteiger partial charge in [-0.05, 0) is 44.7 Å². The van der Waals surface area contributed by atoms with Gasteiger partial charge in [0.15, 0.2) is 0 Å². The molecule has 1 aliphatic heterocycles. The quantitative estimate of drug-likeness (QED) is 0.930. The molecular weight excluding hydrogens is 280 g/mol. The summed E-state index contributed by atoms with van der Waals surface area (Å²) in [5.41, 5.74) is 0. The molecule has 108 valence electrons. The van der Waals surface area contributed by atoms with Gasteiger partial charge in [-0.2, -0.15) is 0 Å². The van der Waals surface area contributed by atoms with Gasteiger partial charge in [0, 0.05) is 23.9 Å². The predicted octanol–water partition coefficient (Wildman–Crippen LogP) is 3.08. The first-order chi connectivity index (χ1) is 8.59. The molecule has 19 heavy (non-hydrogen) atoms. The monoisotopic (exact) mass is 302 g/mol. The summed E-state index contributed by atoms with van der Waals surface area (Å²) in [5, 5.41) is 5.46. The number of rotatable bonds is 3. The standard InChI is InChI=1S/C14H22N2OS.ClH/c1-10-9-12(6-7-15-10)14(17)16(3)11(2)13-5-4-8-18-13;/h4-5,8,10-12,15H,6-7,9H2,1-3H3;1H/t10-,11?,12-;/m0./s1. The van der Waals surface area contributed by atoms with Gasteiger partial charge in [0.25, 0.3) is 0 Å². The fourth-order valence-corrected chi connectivity index (χ4v) is 3.38. The van der Waals surface area contributed by atoms with E-state index in [9.17, 15) is 4.79 Å². The molecule has 1 saturated heterocycles. The number of carbonyl (C=O) groups is 1. The molecule has 0 radical (unpaired) electrons. The van der Waals surface area contributed by atoms with Crippen LogP contribution in [0.3, 0.4) is 0 Å². The molecule has 1 aromatic rings. The van der Waals surface area contributed by atoms with Crippen LogP contribution in [0.2, 0.25) is 0 Å². The molecule has 1 amide bonds. The number of halogens is 1. The highest BCUT2D eigenvalue weighted by atomic mass is 35.5. The molecule has 3 atom stereocenters. The summed E-state index contributed by atoms with van der Waals surface area (Å²) in [4.78, 5) is 15.7. The molecule has 1 fully saturated rings. The number of hydrogen-bond acceptors (Lipinski definition) is 3. The minimum Gasteiger partial charge on any atom is -0.338 e. The van der Waals surface area contributed by atoms with Crippen LogP contribution in [0.5, 0.6) is 0 Å². The second-order valence-corrected chi connectivity index (χ2v) is 6.20. The van der Waals surface area contributed by atoms with Gasteiger partial charge < -0.3 is 10.2 Å². The molecule has 1 aliphatic rings. The molecule has 2 heterocycles. The van der Waals surface area contributed by atoms with Crippen LogP contribution >= 0.6 is 23.7 Å². The summed E-state index contributed by atoms with van der Waals surface area (Å²) in [6, 6.07) is 4.78. The van der Waals surface area contributed by atoms with Gasteiger partial charge in [-0.25, -0.2) is 0 Å². The van der Waals surface area contributed by atoms with Crippen molar-refractivity contribution in [3.8, 4) is 0 Å². The Kier molecular flexibility index (Phi) is 6.30. The third-order valence-corrected chi connectivity index (χ3v) is 4.90. The summed E-state index contributed by atoms with van der Waals surface area (Å²) in [7, 11) is 1.93. The first-order valence-electron chi connectivity index (χ1n) is 6.63. The van der Waals surface area contributed by atoms with Crippen molar-refractivity contribution in [2.24, 2.45) is 5.92 Å². The number of hydrogen-bond donors (Lipinski definition) is 1. The van der Waals surface area contributed by atoms with Gasteiger partial charge in [-0.1, -0.05) is 6.07 Å². The zero-order valence-corrected chi connectivity index (χ0v) is 13.4. The molecule has 3 nitrogen and oxygen atoms in total.